The van der Waals surface area contributed by atoms with Crippen LogP contribution in [0.4, 0.5) is 0 Å². The Hall–Kier alpha value is -2.48. The summed E-state index contributed by atoms with van der Waals surface area (Å²) in [5, 5.41) is 11.6. The minimum Gasteiger partial charge on any atom is -0.508 e. The van der Waals surface area contributed by atoms with Crippen molar-refractivity contribution in [2.24, 2.45) is 0 Å². The van der Waals surface area contributed by atoms with Gasteiger partial charge in [0.15, 0.2) is 0 Å². The van der Waals surface area contributed by atoms with Crippen molar-refractivity contribution in [3.63, 3.8) is 0 Å². The number of phenolic OH excluding ortho intramolecular Hbond substituents is 1. The highest BCUT2D eigenvalue weighted by atomic mass is 16.5. The SMILES string of the molecule is Cc1ccccc1COc1ccc2ccc(O)cc2c1. The van der Waals surface area contributed by atoms with Gasteiger partial charge in [-0.3, -0.25) is 0 Å². The van der Waals surface area contributed by atoms with Gasteiger partial charge in [0, 0.05) is 0 Å². The van der Waals surface area contributed by atoms with Crippen LogP contribution in [0.25, 0.3) is 10.8 Å². The van der Waals surface area contributed by atoms with Crippen LogP contribution in [0.5, 0.6) is 11.5 Å². The first-order valence-electron chi connectivity index (χ1n) is 6.62. The Morgan fingerprint density at radius 1 is 0.900 bits per heavy atom. The van der Waals surface area contributed by atoms with Gasteiger partial charge in [-0.15, -0.1) is 0 Å². The highest BCUT2D eigenvalue weighted by Crippen LogP contribution is 2.25. The van der Waals surface area contributed by atoms with Gasteiger partial charge in [0.2, 0.25) is 0 Å². The summed E-state index contributed by atoms with van der Waals surface area (Å²) in [6, 6.07) is 19.4. The van der Waals surface area contributed by atoms with Gasteiger partial charge >= 0.3 is 0 Å². The number of aryl methyl sites for hydroxylation is 1. The first kappa shape index (κ1) is 12.5. The van der Waals surface area contributed by atoms with E-state index in [1.165, 1.54) is 11.1 Å². The van der Waals surface area contributed by atoms with Crippen LogP contribution in [0.1, 0.15) is 11.1 Å². The molecule has 0 spiro atoms. The second kappa shape index (κ2) is 5.25. The van der Waals surface area contributed by atoms with Crippen LogP contribution in [0.2, 0.25) is 0 Å². The first-order chi connectivity index (χ1) is 9.72. The molecule has 0 saturated heterocycles. The Labute approximate surface area is 118 Å². The highest BCUT2D eigenvalue weighted by Gasteiger charge is 2.01. The van der Waals surface area contributed by atoms with Crippen molar-refractivity contribution in [3.05, 3.63) is 71.8 Å². The number of phenols is 1. The quantitative estimate of drug-likeness (QED) is 0.758. The van der Waals surface area contributed by atoms with E-state index in [4.69, 9.17) is 4.74 Å². The zero-order chi connectivity index (χ0) is 13.9. The molecule has 0 radical (unpaired) electrons. The van der Waals surface area contributed by atoms with Gasteiger partial charge in [-0.2, -0.15) is 0 Å². The van der Waals surface area contributed by atoms with Crippen LogP contribution in [0.3, 0.4) is 0 Å². The highest BCUT2D eigenvalue weighted by molar-refractivity contribution is 5.85. The minimum atomic E-state index is 0.272. The molecule has 100 valence electrons. The van der Waals surface area contributed by atoms with E-state index in [9.17, 15) is 5.11 Å². The van der Waals surface area contributed by atoms with Gasteiger partial charge in [0.05, 0.1) is 0 Å². The lowest BCUT2D eigenvalue weighted by Crippen LogP contribution is -1.97. The third kappa shape index (κ3) is 2.59. The summed E-state index contributed by atoms with van der Waals surface area (Å²) in [7, 11) is 0. The van der Waals surface area contributed by atoms with E-state index in [0.717, 1.165) is 16.5 Å². The molecular weight excluding hydrogens is 248 g/mol. The maximum atomic E-state index is 9.52. The predicted octanol–water partition coefficient (Wildman–Crippen LogP) is 4.43. The summed E-state index contributed by atoms with van der Waals surface area (Å²) in [6.07, 6.45) is 0. The summed E-state index contributed by atoms with van der Waals surface area (Å²) in [6.45, 7) is 2.63. The minimum absolute atomic E-state index is 0.272. The Balaban J connectivity index is 1.83. The van der Waals surface area contributed by atoms with Gasteiger partial charge in [0.1, 0.15) is 18.1 Å². The number of rotatable bonds is 3. The molecule has 0 saturated carbocycles. The molecule has 3 rings (SSSR count). The van der Waals surface area contributed by atoms with Crippen LogP contribution in [0, 0.1) is 6.92 Å². The zero-order valence-corrected chi connectivity index (χ0v) is 11.3. The van der Waals surface area contributed by atoms with Gasteiger partial charge in [-0.1, -0.05) is 36.4 Å². The smallest absolute Gasteiger partial charge is 0.120 e. The maximum absolute atomic E-state index is 9.52. The van der Waals surface area contributed by atoms with Crippen LogP contribution in [-0.2, 0) is 6.61 Å². The van der Waals surface area contributed by atoms with Gasteiger partial charge < -0.3 is 9.84 Å². The fourth-order valence-electron chi connectivity index (χ4n) is 2.24. The topological polar surface area (TPSA) is 29.5 Å². The number of hydrogen-bond donors (Lipinski definition) is 1. The number of hydrogen-bond acceptors (Lipinski definition) is 2. The molecule has 0 aromatic heterocycles. The van der Waals surface area contributed by atoms with Crippen LogP contribution in [-0.4, -0.2) is 5.11 Å². The van der Waals surface area contributed by atoms with Crippen molar-refractivity contribution >= 4 is 10.8 Å². The zero-order valence-electron chi connectivity index (χ0n) is 11.3. The van der Waals surface area contributed by atoms with E-state index in [1.807, 2.05) is 36.4 Å². The lowest BCUT2D eigenvalue weighted by molar-refractivity contribution is 0.306. The normalized spacial score (nSPS) is 10.7. The first-order valence-corrected chi connectivity index (χ1v) is 6.62. The molecule has 3 aromatic carbocycles. The van der Waals surface area contributed by atoms with Crippen molar-refractivity contribution in [3.8, 4) is 11.5 Å². The number of aromatic hydroxyl groups is 1. The molecule has 0 unspecified atom stereocenters. The predicted molar refractivity (Wildman–Crippen MR) is 81.1 cm³/mol. The number of ether oxygens (including phenoxy) is 1. The molecule has 2 nitrogen and oxygen atoms in total. The van der Waals surface area contributed by atoms with E-state index in [-0.39, 0.29) is 5.75 Å². The van der Waals surface area contributed by atoms with Crippen LogP contribution >= 0.6 is 0 Å². The molecule has 0 atom stereocenters. The monoisotopic (exact) mass is 264 g/mol. The summed E-state index contributed by atoms with van der Waals surface area (Å²) >= 11 is 0. The molecule has 2 heteroatoms. The van der Waals surface area contributed by atoms with Gasteiger partial charge in [-0.25, -0.2) is 0 Å². The van der Waals surface area contributed by atoms with E-state index in [2.05, 4.69) is 19.1 Å². The van der Waals surface area contributed by atoms with Crippen molar-refractivity contribution in [1.29, 1.82) is 0 Å². The Kier molecular flexibility index (Phi) is 3.30. The molecule has 0 bridgehead atoms. The Morgan fingerprint density at radius 2 is 1.70 bits per heavy atom. The third-order valence-corrected chi connectivity index (χ3v) is 3.45. The molecule has 0 aliphatic carbocycles. The maximum Gasteiger partial charge on any atom is 0.120 e. The molecule has 0 aliphatic rings. The summed E-state index contributed by atoms with van der Waals surface area (Å²) in [5.41, 5.74) is 2.41. The van der Waals surface area contributed by atoms with Crippen molar-refractivity contribution < 1.29 is 9.84 Å². The summed E-state index contributed by atoms with van der Waals surface area (Å²) in [4.78, 5) is 0. The van der Waals surface area contributed by atoms with Crippen LogP contribution in [0.15, 0.2) is 60.7 Å². The van der Waals surface area contributed by atoms with Crippen molar-refractivity contribution in [1.82, 2.24) is 0 Å². The van der Waals surface area contributed by atoms with Crippen molar-refractivity contribution in [2.75, 3.05) is 0 Å². The van der Waals surface area contributed by atoms with E-state index in [1.54, 1.807) is 12.1 Å². The average Bonchev–Trinajstić information content (AvgIpc) is 2.46. The second-order valence-corrected chi connectivity index (χ2v) is 4.91. The Bertz CT molecular complexity index is 747. The second-order valence-electron chi connectivity index (χ2n) is 4.91. The Morgan fingerprint density at radius 3 is 2.55 bits per heavy atom. The average molecular weight is 264 g/mol. The van der Waals surface area contributed by atoms with E-state index < -0.39 is 0 Å². The van der Waals surface area contributed by atoms with Crippen molar-refractivity contribution in [2.45, 2.75) is 13.5 Å². The number of fused-ring (bicyclic) bond motifs is 1. The number of benzene rings is 3. The molecular formula is C18H16O2. The third-order valence-electron chi connectivity index (χ3n) is 3.45. The van der Waals surface area contributed by atoms with Gasteiger partial charge in [0.25, 0.3) is 0 Å². The lowest BCUT2D eigenvalue weighted by Gasteiger charge is -2.09. The molecule has 3 aromatic rings. The molecule has 20 heavy (non-hydrogen) atoms. The fourth-order valence-corrected chi connectivity index (χ4v) is 2.24. The molecule has 1 N–H and O–H groups in total. The molecule has 0 fully saturated rings. The molecule has 0 amide bonds. The summed E-state index contributed by atoms with van der Waals surface area (Å²) < 4.78 is 5.84. The standard InChI is InChI=1S/C18H16O2/c1-13-4-2-3-5-15(13)12-20-18-9-7-14-6-8-17(19)10-16(14)11-18/h2-11,19H,12H2,1H3. The fraction of sp³-hybridized carbons (Fsp3) is 0.111. The summed E-state index contributed by atoms with van der Waals surface area (Å²) in [5.74, 6) is 1.08. The molecule has 0 heterocycles. The van der Waals surface area contributed by atoms with E-state index in [0.29, 0.717) is 6.61 Å². The van der Waals surface area contributed by atoms with Gasteiger partial charge in [-0.05, 0) is 53.1 Å². The largest absolute Gasteiger partial charge is 0.508 e. The van der Waals surface area contributed by atoms with E-state index >= 15 is 0 Å². The molecule has 0 aliphatic heterocycles. The van der Waals surface area contributed by atoms with Crippen LogP contribution < -0.4 is 4.74 Å². The lowest BCUT2D eigenvalue weighted by atomic mass is 10.1.